The molecule has 2 rings (SSSR count). The highest BCUT2D eigenvalue weighted by Crippen LogP contribution is 2.28. The second-order valence-corrected chi connectivity index (χ2v) is 7.61. The largest absolute Gasteiger partial charge is 0.296 e. The van der Waals surface area contributed by atoms with Crippen molar-refractivity contribution in [1.29, 1.82) is 0 Å². The number of halogens is 3. The van der Waals surface area contributed by atoms with E-state index in [1.54, 1.807) is 0 Å². The molecule has 1 heterocycles. The molecule has 0 saturated heterocycles. The first-order chi connectivity index (χ1) is 7.88. The fourth-order valence-corrected chi connectivity index (χ4v) is 2.62. The van der Waals surface area contributed by atoms with Gasteiger partial charge in [0.2, 0.25) is 0 Å². The summed E-state index contributed by atoms with van der Waals surface area (Å²) in [6.07, 6.45) is 0. The van der Waals surface area contributed by atoms with E-state index in [-0.39, 0.29) is 11.0 Å². The van der Waals surface area contributed by atoms with Crippen LogP contribution >= 0.6 is 49.2 Å². The maximum Gasteiger partial charge on any atom is 0.296 e. The van der Waals surface area contributed by atoms with Crippen LogP contribution in [-0.2, 0) is 9.05 Å². The molecule has 0 aliphatic carbocycles. The van der Waals surface area contributed by atoms with Crippen molar-refractivity contribution < 1.29 is 8.42 Å². The number of nitrogens with one attached hydrogen (secondary N) is 1. The van der Waals surface area contributed by atoms with Gasteiger partial charge >= 0.3 is 0 Å². The van der Waals surface area contributed by atoms with Crippen molar-refractivity contribution in [2.75, 3.05) is 0 Å². The number of H-pyrrole nitrogens is 1. The summed E-state index contributed by atoms with van der Waals surface area (Å²) in [5.41, 5.74) is 0.694. The molecule has 5 nitrogen and oxygen atoms in total. The highest BCUT2D eigenvalue weighted by Gasteiger charge is 2.17. The second-order valence-electron chi connectivity index (χ2n) is 3.03. The molecule has 2 aromatic rings. The summed E-state index contributed by atoms with van der Waals surface area (Å²) in [5.74, 6) is 0.273. The lowest BCUT2D eigenvalue weighted by molar-refractivity contribution is 0.602. The average molecular weight is 448 g/mol. The molecule has 0 radical (unpaired) electrons. The van der Waals surface area contributed by atoms with Gasteiger partial charge in [-0.1, -0.05) is 15.9 Å². The van der Waals surface area contributed by atoms with Crippen LogP contribution in [0.1, 0.15) is 0 Å². The monoisotopic (exact) mass is 447 g/mol. The van der Waals surface area contributed by atoms with Gasteiger partial charge in [-0.2, -0.15) is 10.1 Å². The lowest BCUT2D eigenvalue weighted by Crippen LogP contribution is -1.93. The van der Waals surface area contributed by atoms with Crippen molar-refractivity contribution in [3.63, 3.8) is 0 Å². The zero-order valence-electron chi connectivity index (χ0n) is 7.99. The third kappa shape index (κ3) is 2.98. The van der Waals surface area contributed by atoms with E-state index in [1.165, 1.54) is 0 Å². The van der Waals surface area contributed by atoms with Crippen molar-refractivity contribution in [3.8, 4) is 11.4 Å². The van der Waals surface area contributed by atoms with E-state index in [9.17, 15) is 8.42 Å². The Balaban J connectivity index is 2.55. The summed E-state index contributed by atoms with van der Waals surface area (Å²) < 4.78 is 23.9. The van der Waals surface area contributed by atoms with Crippen LogP contribution in [0.4, 0.5) is 0 Å². The molecule has 90 valence electrons. The van der Waals surface area contributed by atoms with Crippen molar-refractivity contribution in [2.24, 2.45) is 0 Å². The molecule has 17 heavy (non-hydrogen) atoms. The molecule has 0 bridgehead atoms. The molecule has 1 N–H and O–H groups in total. The van der Waals surface area contributed by atoms with Gasteiger partial charge in [-0.15, -0.1) is 0 Å². The Bertz CT molecular complexity index is 673. The van der Waals surface area contributed by atoms with Gasteiger partial charge in [0.25, 0.3) is 14.2 Å². The van der Waals surface area contributed by atoms with Gasteiger partial charge in [0, 0.05) is 24.3 Å². The molecule has 0 saturated carbocycles. The first-order valence-electron chi connectivity index (χ1n) is 4.20. The van der Waals surface area contributed by atoms with Gasteiger partial charge in [0.1, 0.15) is 0 Å². The van der Waals surface area contributed by atoms with Crippen LogP contribution in [0.25, 0.3) is 11.4 Å². The first kappa shape index (κ1) is 13.2. The van der Waals surface area contributed by atoms with E-state index in [0.29, 0.717) is 5.56 Å². The Hall–Kier alpha value is -0.190. The number of hydrogen-bond donors (Lipinski definition) is 1. The summed E-state index contributed by atoms with van der Waals surface area (Å²) in [7, 11) is 1.27. The molecular weight excluding hydrogens is 444 g/mol. The van der Waals surface area contributed by atoms with Gasteiger partial charge in [-0.05, 0) is 40.8 Å². The van der Waals surface area contributed by atoms with E-state index in [1.807, 2.05) is 18.2 Å². The van der Waals surface area contributed by atoms with E-state index in [0.717, 1.165) is 8.04 Å². The highest BCUT2D eigenvalue weighted by molar-refractivity contribution is 14.1. The summed E-state index contributed by atoms with van der Waals surface area (Å²) in [6, 6.07) is 5.57. The second kappa shape index (κ2) is 4.82. The molecule has 9 heteroatoms. The number of nitrogens with zero attached hydrogens (tertiary/aromatic N) is 2. The lowest BCUT2D eigenvalue weighted by atomic mass is 10.2. The maximum atomic E-state index is 11.0. The molecule has 0 unspecified atom stereocenters. The Morgan fingerprint density at radius 3 is 2.71 bits per heavy atom. The minimum atomic E-state index is -3.89. The van der Waals surface area contributed by atoms with Gasteiger partial charge in [0.05, 0.1) is 0 Å². The molecule has 0 fully saturated rings. The SMILES string of the molecule is O=S(=O)(Cl)c1nc(-c2cc(I)ccc2Br)n[nH]1. The maximum absolute atomic E-state index is 11.0. The van der Waals surface area contributed by atoms with Crippen LogP contribution < -0.4 is 0 Å². The standard InChI is InChI=1S/C8H4BrClIN3O2S/c9-6-2-1-4(11)3-5(6)7-12-8(14-13-7)17(10,15)16/h1-3H,(H,12,13,14). The van der Waals surface area contributed by atoms with Crippen molar-refractivity contribution in [1.82, 2.24) is 15.2 Å². The van der Waals surface area contributed by atoms with E-state index in [4.69, 9.17) is 10.7 Å². The molecule has 0 aliphatic heterocycles. The van der Waals surface area contributed by atoms with Gasteiger partial charge in [0.15, 0.2) is 5.82 Å². The number of aromatic amines is 1. The number of hydrogen-bond acceptors (Lipinski definition) is 4. The summed E-state index contributed by atoms with van der Waals surface area (Å²) in [5, 5.41) is 5.75. The summed E-state index contributed by atoms with van der Waals surface area (Å²) in [4.78, 5) is 3.83. The predicted octanol–water partition coefficient (Wildman–Crippen LogP) is 2.77. The van der Waals surface area contributed by atoms with Crippen LogP contribution in [0.2, 0.25) is 0 Å². The molecule has 1 aromatic heterocycles. The molecule has 0 spiro atoms. The third-order valence-electron chi connectivity index (χ3n) is 1.87. The smallest absolute Gasteiger partial charge is 0.248 e. The Morgan fingerprint density at radius 1 is 1.41 bits per heavy atom. The van der Waals surface area contributed by atoms with Gasteiger partial charge < -0.3 is 0 Å². The van der Waals surface area contributed by atoms with Crippen LogP contribution in [0, 0.1) is 3.57 Å². The van der Waals surface area contributed by atoms with Crippen molar-refractivity contribution >= 4 is 58.3 Å². The Kier molecular flexibility index (Phi) is 3.76. The number of benzene rings is 1. The average Bonchev–Trinajstić information content (AvgIpc) is 2.70. The van der Waals surface area contributed by atoms with Gasteiger partial charge in [-0.25, -0.2) is 13.5 Å². The van der Waals surface area contributed by atoms with Crippen LogP contribution in [0.5, 0.6) is 0 Å². The molecular formula is C8H4BrClIN3O2S. The first-order valence-corrected chi connectivity index (χ1v) is 8.38. The molecule has 0 atom stereocenters. The van der Waals surface area contributed by atoms with Crippen molar-refractivity contribution in [2.45, 2.75) is 5.16 Å². The van der Waals surface area contributed by atoms with E-state index >= 15 is 0 Å². The topological polar surface area (TPSA) is 75.7 Å². The fourth-order valence-electron chi connectivity index (χ4n) is 1.15. The lowest BCUT2D eigenvalue weighted by Gasteiger charge is -1.99. The highest BCUT2D eigenvalue weighted by atomic mass is 127. The summed E-state index contributed by atoms with van der Waals surface area (Å²) in [6.45, 7) is 0. The molecule has 0 amide bonds. The quantitative estimate of drug-likeness (QED) is 0.566. The zero-order valence-corrected chi connectivity index (χ0v) is 13.3. The zero-order chi connectivity index (χ0) is 12.6. The van der Waals surface area contributed by atoms with Crippen molar-refractivity contribution in [3.05, 3.63) is 26.2 Å². The summed E-state index contributed by atoms with van der Waals surface area (Å²) >= 11 is 5.49. The fraction of sp³-hybridized carbons (Fsp3) is 0. The van der Waals surface area contributed by atoms with E-state index in [2.05, 4.69) is 53.7 Å². The number of aromatic nitrogens is 3. The minimum absolute atomic E-state index is 0.273. The molecule has 1 aromatic carbocycles. The molecule has 0 aliphatic rings. The predicted molar refractivity (Wildman–Crippen MR) is 75.3 cm³/mol. The van der Waals surface area contributed by atoms with Crippen LogP contribution in [0.3, 0.4) is 0 Å². The van der Waals surface area contributed by atoms with E-state index < -0.39 is 9.05 Å². The Morgan fingerprint density at radius 2 is 2.12 bits per heavy atom. The normalized spacial score (nSPS) is 11.7. The number of rotatable bonds is 2. The van der Waals surface area contributed by atoms with Crippen LogP contribution in [0.15, 0.2) is 27.8 Å². The van der Waals surface area contributed by atoms with Gasteiger partial charge in [-0.3, -0.25) is 0 Å². The minimum Gasteiger partial charge on any atom is -0.248 e. The Labute approximate surface area is 124 Å². The van der Waals surface area contributed by atoms with Crippen LogP contribution in [-0.4, -0.2) is 23.6 Å². The third-order valence-corrected chi connectivity index (χ3v) is 4.31.